The van der Waals surface area contributed by atoms with Crippen LogP contribution >= 0.6 is 0 Å². The Morgan fingerprint density at radius 3 is 2.65 bits per heavy atom. The van der Waals surface area contributed by atoms with Crippen molar-refractivity contribution >= 4 is 11.9 Å². The van der Waals surface area contributed by atoms with Crippen molar-refractivity contribution in [3.8, 4) is 0 Å². The molecule has 0 aliphatic carbocycles. The van der Waals surface area contributed by atoms with E-state index < -0.39 is 18.1 Å². The number of carbonyl (C=O) groups is 2. The number of aliphatic hydroxyl groups excluding tert-OH is 1. The lowest BCUT2D eigenvalue weighted by Gasteiger charge is -2.29. The first-order valence-corrected chi connectivity index (χ1v) is 6.98. The molecule has 2 N–H and O–H groups in total. The Morgan fingerprint density at radius 2 is 2.05 bits per heavy atom. The Hall–Kier alpha value is -1.18. The number of nitrogens with zero attached hydrogens (tertiary/aromatic N) is 1. The maximum absolute atomic E-state index is 12.1. The Balaban J connectivity index is 2.25. The van der Waals surface area contributed by atoms with Gasteiger partial charge in [0, 0.05) is 19.6 Å². The van der Waals surface area contributed by atoms with Crippen LogP contribution in [0.5, 0.6) is 0 Å². The zero-order chi connectivity index (χ0) is 15.0. The van der Waals surface area contributed by atoms with Gasteiger partial charge in [0.05, 0.1) is 38.4 Å². The number of esters is 1. The van der Waals surface area contributed by atoms with E-state index in [-0.39, 0.29) is 18.9 Å². The lowest BCUT2D eigenvalue weighted by atomic mass is 10.2. The van der Waals surface area contributed by atoms with Crippen molar-refractivity contribution in [2.24, 2.45) is 0 Å². The van der Waals surface area contributed by atoms with Gasteiger partial charge >= 0.3 is 5.97 Å². The fraction of sp³-hybridized carbons (Fsp3) is 0.846. The highest BCUT2D eigenvalue weighted by Crippen LogP contribution is 2.01. The minimum absolute atomic E-state index is 0.0170. The van der Waals surface area contributed by atoms with Crippen molar-refractivity contribution in [3.63, 3.8) is 0 Å². The largest absolute Gasteiger partial charge is 0.466 e. The maximum atomic E-state index is 12.1. The zero-order valence-electron chi connectivity index (χ0n) is 12.1. The van der Waals surface area contributed by atoms with Gasteiger partial charge in [0.1, 0.15) is 0 Å². The summed E-state index contributed by atoms with van der Waals surface area (Å²) < 4.78 is 9.94. The SMILES string of the molecule is CCOC(=O)CC(O)CNC(C)C(=O)N1CCOCC1. The molecule has 0 spiro atoms. The van der Waals surface area contributed by atoms with Crippen LogP contribution in [-0.4, -0.2) is 73.5 Å². The highest BCUT2D eigenvalue weighted by atomic mass is 16.5. The summed E-state index contributed by atoms with van der Waals surface area (Å²) in [5.41, 5.74) is 0. The van der Waals surface area contributed by atoms with E-state index in [0.717, 1.165) is 0 Å². The number of hydrogen-bond acceptors (Lipinski definition) is 6. The number of rotatable bonds is 7. The third kappa shape index (κ3) is 5.85. The van der Waals surface area contributed by atoms with Gasteiger partial charge in [-0.15, -0.1) is 0 Å². The van der Waals surface area contributed by atoms with Crippen molar-refractivity contribution in [1.82, 2.24) is 10.2 Å². The standard InChI is InChI=1S/C13H24N2O5/c1-3-20-12(17)8-11(16)9-14-10(2)13(18)15-4-6-19-7-5-15/h10-11,14,16H,3-9H2,1-2H3. The smallest absolute Gasteiger partial charge is 0.308 e. The zero-order valence-corrected chi connectivity index (χ0v) is 12.1. The highest BCUT2D eigenvalue weighted by Gasteiger charge is 2.23. The van der Waals surface area contributed by atoms with Gasteiger partial charge in [-0.1, -0.05) is 0 Å². The number of aliphatic hydroxyl groups is 1. The molecule has 7 heteroatoms. The van der Waals surface area contributed by atoms with Crippen LogP contribution in [0.1, 0.15) is 20.3 Å². The van der Waals surface area contributed by atoms with Crippen molar-refractivity contribution in [3.05, 3.63) is 0 Å². The third-order valence-corrected chi connectivity index (χ3v) is 3.06. The topological polar surface area (TPSA) is 88.1 Å². The molecule has 1 aliphatic rings. The Labute approximate surface area is 119 Å². The summed E-state index contributed by atoms with van der Waals surface area (Å²) in [5.74, 6) is -0.453. The fourth-order valence-electron chi connectivity index (χ4n) is 1.94. The molecule has 1 amide bonds. The lowest BCUT2D eigenvalue weighted by molar-refractivity contribution is -0.145. The molecule has 2 atom stereocenters. The molecule has 0 aromatic rings. The van der Waals surface area contributed by atoms with Crippen molar-refractivity contribution in [2.75, 3.05) is 39.5 Å². The number of ether oxygens (including phenoxy) is 2. The lowest BCUT2D eigenvalue weighted by Crippen LogP contribution is -2.50. The summed E-state index contributed by atoms with van der Waals surface area (Å²) in [7, 11) is 0. The normalized spacial score (nSPS) is 18.4. The predicted octanol–water partition coefficient (Wildman–Crippen LogP) is -0.863. The third-order valence-electron chi connectivity index (χ3n) is 3.06. The molecule has 0 saturated carbocycles. The van der Waals surface area contributed by atoms with E-state index in [0.29, 0.717) is 32.9 Å². The molecule has 2 unspecified atom stereocenters. The van der Waals surface area contributed by atoms with E-state index >= 15 is 0 Å². The molecule has 1 aliphatic heterocycles. The van der Waals surface area contributed by atoms with Gasteiger partial charge in [0.2, 0.25) is 5.91 Å². The average molecular weight is 288 g/mol. The molecule has 1 heterocycles. The first-order chi connectivity index (χ1) is 9.54. The number of nitrogens with one attached hydrogen (secondary N) is 1. The van der Waals surface area contributed by atoms with Gasteiger partial charge in [0.15, 0.2) is 0 Å². The van der Waals surface area contributed by atoms with Crippen LogP contribution < -0.4 is 5.32 Å². The summed E-state index contributed by atoms with van der Waals surface area (Å²) in [6.07, 6.45) is -0.923. The highest BCUT2D eigenvalue weighted by molar-refractivity contribution is 5.81. The van der Waals surface area contributed by atoms with Gasteiger partial charge in [-0.3, -0.25) is 9.59 Å². The monoisotopic (exact) mass is 288 g/mol. The molecule has 1 rings (SSSR count). The minimum atomic E-state index is -0.853. The van der Waals surface area contributed by atoms with E-state index in [9.17, 15) is 14.7 Å². The van der Waals surface area contributed by atoms with Gasteiger partial charge in [-0.25, -0.2) is 0 Å². The molecule has 0 aromatic carbocycles. The van der Waals surface area contributed by atoms with Crippen LogP contribution in [-0.2, 0) is 19.1 Å². The summed E-state index contributed by atoms with van der Waals surface area (Å²) in [6.45, 7) is 6.24. The van der Waals surface area contributed by atoms with Crippen LogP contribution in [0.15, 0.2) is 0 Å². The van der Waals surface area contributed by atoms with Crippen molar-refractivity contribution in [2.45, 2.75) is 32.4 Å². The molecular formula is C13H24N2O5. The molecule has 7 nitrogen and oxygen atoms in total. The van der Waals surface area contributed by atoms with E-state index in [1.54, 1.807) is 18.7 Å². The van der Waals surface area contributed by atoms with E-state index in [2.05, 4.69) is 5.32 Å². The second-order valence-corrected chi connectivity index (χ2v) is 4.73. The summed E-state index contributed by atoms with van der Waals surface area (Å²) >= 11 is 0. The van der Waals surface area contributed by atoms with E-state index in [4.69, 9.17) is 9.47 Å². The number of morpholine rings is 1. The van der Waals surface area contributed by atoms with Crippen LogP contribution in [0, 0.1) is 0 Å². The van der Waals surface area contributed by atoms with Gasteiger partial charge in [0.25, 0.3) is 0 Å². The van der Waals surface area contributed by atoms with E-state index in [1.807, 2.05) is 0 Å². The summed E-state index contributed by atoms with van der Waals surface area (Å²) in [5, 5.41) is 12.6. The quantitative estimate of drug-likeness (QED) is 0.593. The second-order valence-electron chi connectivity index (χ2n) is 4.73. The van der Waals surface area contributed by atoms with Crippen LogP contribution in [0.25, 0.3) is 0 Å². The van der Waals surface area contributed by atoms with Gasteiger partial charge in [-0.2, -0.15) is 0 Å². The number of carbonyl (C=O) groups excluding carboxylic acids is 2. The first kappa shape index (κ1) is 16.9. The van der Waals surface area contributed by atoms with Crippen LogP contribution in [0.4, 0.5) is 0 Å². The van der Waals surface area contributed by atoms with Crippen molar-refractivity contribution < 1.29 is 24.2 Å². The second kappa shape index (κ2) is 8.89. The Morgan fingerprint density at radius 1 is 1.40 bits per heavy atom. The summed E-state index contributed by atoms with van der Waals surface area (Å²) in [6, 6.07) is -0.398. The van der Waals surface area contributed by atoms with Crippen LogP contribution in [0.3, 0.4) is 0 Å². The molecule has 0 radical (unpaired) electrons. The molecule has 0 bridgehead atoms. The predicted molar refractivity (Wildman–Crippen MR) is 72.1 cm³/mol. The Bertz CT molecular complexity index is 318. The molecule has 0 aromatic heterocycles. The minimum Gasteiger partial charge on any atom is -0.466 e. The number of amides is 1. The fourth-order valence-corrected chi connectivity index (χ4v) is 1.94. The van der Waals surface area contributed by atoms with Crippen LogP contribution in [0.2, 0.25) is 0 Å². The van der Waals surface area contributed by atoms with Gasteiger partial charge in [-0.05, 0) is 13.8 Å². The number of hydrogen-bond donors (Lipinski definition) is 2. The molecular weight excluding hydrogens is 264 g/mol. The van der Waals surface area contributed by atoms with Gasteiger partial charge < -0.3 is 24.8 Å². The van der Waals surface area contributed by atoms with E-state index in [1.165, 1.54) is 0 Å². The molecule has 1 saturated heterocycles. The molecule has 1 fully saturated rings. The molecule has 116 valence electrons. The first-order valence-electron chi connectivity index (χ1n) is 6.98. The maximum Gasteiger partial charge on any atom is 0.308 e. The molecule has 20 heavy (non-hydrogen) atoms. The Kier molecular flexibility index (Phi) is 7.50. The average Bonchev–Trinajstić information content (AvgIpc) is 2.45. The summed E-state index contributed by atoms with van der Waals surface area (Å²) in [4.78, 5) is 25.0. The van der Waals surface area contributed by atoms with Crippen molar-refractivity contribution in [1.29, 1.82) is 0 Å².